The fourth-order valence-corrected chi connectivity index (χ4v) is 2.31. The van der Waals surface area contributed by atoms with Gasteiger partial charge in [0.1, 0.15) is 6.33 Å². The first-order valence-corrected chi connectivity index (χ1v) is 6.13. The third-order valence-electron chi connectivity index (χ3n) is 3.42. The molecule has 0 aromatic carbocycles. The van der Waals surface area contributed by atoms with Gasteiger partial charge in [-0.25, -0.2) is 9.97 Å². The van der Waals surface area contributed by atoms with E-state index < -0.39 is 4.92 Å². The highest BCUT2D eigenvalue weighted by Crippen LogP contribution is 2.33. The summed E-state index contributed by atoms with van der Waals surface area (Å²) in [5.41, 5.74) is -0.0515. The van der Waals surface area contributed by atoms with E-state index in [9.17, 15) is 10.1 Å². The molecule has 0 spiro atoms. The number of nitrogens with one attached hydrogen (secondary N) is 1. The quantitative estimate of drug-likeness (QED) is 0.629. The summed E-state index contributed by atoms with van der Waals surface area (Å²) in [4.78, 5) is 22.9. The molecule has 0 aliphatic carbocycles. The van der Waals surface area contributed by atoms with Gasteiger partial charge in [-0.05, 0) is 20.5 Å². The zero-order valence-corrected chi connectivity index (χ0v) is 11.3. The van der Waals surface area contributed by atoms with Gasteiger partial charge in [-0.2, -0.15) is 0 Å². The molecule has 1 aliphatic rings. The third kappa shape index (κ3) is 2.58. The monoisotopic (exact) mass is 266 g/mol. The number of rotatable bonds is 4. The van der Waals surface area contributed by atoms with Crippen molar-refractivity contribution in [2.75, 3.05) is 44.4 Å². The normalized spacial score (nSPS) is 18.9. The largest absolute Gasteiger partial charge is 0.367 e. The van der Waals surface area contributed by atoms with E-state index in [0.717, 1.165) is 19.5 Å². The van der Waals surface area contributed by atoms with Crippen LogP contribution in [-0.2, 0) is 0 Å². The van der Waals surface area contributed by atoms with Crippen LogP contribution >= 0.6 is 0 Å². The molecule has 0 amide bonds. The van der Waals surface area contributed by atoms with Gasteiger partial charge in [0.05, 0.1) is 4.92 Å². The Labute approximate surface area is 111 Å². The molecule has 1 aromatic rings. The number of anilines is 2. The van der Waals surface area contributed by atoms with Crippen LogP contribution < -0.4 is 10.2 Å². The molecule has 2 rings (SSSR count). The zero-order chi connectivity index (χ0) is 14.0. The van der Waals surface area contributed by atoms with Crippen LogP contribution in [0.1, 0.15) is 6.42 Å². The van der Waals surface area contributed by atoms with Gasteiger partial charge in [-0.3, -0.25) is 10.1 Å². The van der Waals surface area contributed by atoms with Crippen LogP contribution in [-0.4, -0.2) is 60.1 Å². The van der Waals surface area contributed by atoms with Gasteiger partial charge in [0.25, 0.3) is 0 Å². The highest BCUT2D eigenvalue weighted by molar-refractivity contribution is 5.70. The third-order valence-corrected chi connectivity index (χ3v) is 3.42. The molecule has 1 aromatic heterocycles. The Kier molecular flexibility index (Phi) is 3.79. The minimum atomic E-state index is -0.426. The predicted octanol–water partition coefficient (Wildman–Crippen LogP) is 0.567. The second-order valence-corrected chi connectivity index (χ2v) is 4.75. The molecule has 0 saturated carbocycles. The zero-order valence-electron chi connectivity index (χ0n) is 11.3. The molecule has 1 atom stereocenters. The minimum Gasteiger partial charge on any atom is -0.367 e. The molecule has 19 heavy (non-hydrogen) atoms. The van der Waals surface area contributed by atoms with Crippen LogP contribution in [0.2, 0.25) is 0 Å². The number of nitro groups is 1. The summed E-state index contributed by atoms with van der Waals surface area (Å²) in [5.74, 6) is 0.650. The van der Waals surface area contributed by atoms with Gasteiger partial charge >= 0.3 is 5.69 Å². The average Bonchev–Trinajstić information content (AvgIpc) is 2.87. The maximum atomic E-state index is 11.2. The Morgan fingerprint density at radius 2 is 2.26 bits per heavy atom. The number of hydrogen-bond donors (Lipinski definition) is 1. The number of nitrogens with zero attached hydrogens (tertiary/aromatic N) is 5. The molecule has 0 radical (unpaired) electrons. The fourth-order valence-electron chi connectivity index (χ4n) is 2.31. The van der Waals surface area contributed by atoms with E-state index in [2.05, 4.69) is 20.2 Å². The van der Waals surface area contributed by atoms with Crippen LogP contribution in [0.15, 0.2) is 6.33 Å². The summed E-state index contributed by atoms with van der Waals surface area (Å²) in [7, 11) is 5.65. The van der Waals surface area contributed by atoms with Gasteiger partial charge in [0.2, 0.25) is 11.6 Å². The average molecular weight is 266 g/mol. The van der Waals surface area contributed by atoms with Crippen LogP contribution in [0.4, 0.5) is 17.3 Å². The van der Waals surface area contributed by atoms with Crippen molar-refractivity contribution in [3.8, 4) is 0 Å². The first-order chi connectivity index (χ1) is 9.04. The Balaban J connectivity index is 2.33. The summed E-state index contributed by atoms with van der Waals surface area (Å²) in [6, 6.07) is 0.396. The van der Waals surface area contributed by atoms with E-state index in [1.54, 1.807) is 7.05 Å². The molecule has 1 unspecified atom stereocenters. The lowest BCUT2D eigenvalue weighted by Crippen LogP contribution is -2.32. The standard InChI is InChI=1S/C11H18N6O2/c1-12-10-9(17(18)19)11(14-7-13-10)16-5-4-8(6-16)15(2)3/h7-8H,4-6H2,1-3H3,(H,12,13,14). The Bertz CT molecular complexity index is 478. The molecule has 104 valence electrons. The molecule has 1 N–H and O–H groups in total. The minimum absolute atomic E-state index is 0.0515. The topological polar surface area (TPSA) is 87.4 Å². The second kappa shape index (κ2) is 5.35. The van der Waals surface area contributed by atoms with Crippen LogP contribution in [0.3, 0.4) is 0 Å². The van der Waals surface area contributed by atoms with E-state index in [0.29, 0.717) is 11.9 Å². The van der Waals surface area contributed by atoms with Crippen molar-refractivity contribution >= 4 is 17.3 Å². The van der Waals surface area contributed by atoms with Crippen molar-refractivity contribution in [1.29, 1.82) is 0 Å². The highest BCUT2D eigenvalue weighted by Gasteiger charge is 2.32. The van der Waals surface area contributed by atoms with E-state index in [1.807, 2.05) is 19.0 Å². The van der Waals surface area contributed by atoms with Crippen molar-refractivity contribution in [2.24, 2.45) is 0 Å². The van der Waals surface area contributed by atoms with Gasteiger partial charge in [0.15, 0.2) is 0 Å². The molecule has 1 fully saturated rings. The maximum absolute atomic E-state index is 11.2. The van der Waals surface area contributed by atoms with Gasteiger partial charge < -0.3 is 15.1 Å². The molecule has 8 heteroatoms. The Morgan fingerprint density at radius 3 is 2.79 bits per heavy atom. The predicted molar refractivity (Wildman–Crippen MR) is 72.5 cm³/mol. The molecule has 2 heterocycles. The molecule has 0 bridgehead atoms. The first kappa shape index (κ1) is 13.5. The molecule has 8 nitrogen and oxygen atoms in total. The van der Waals surface area contributed by atoms with E-state index >= 15 is 0 Å². The van der Waals surface area contributed by atoms with Crippen molar-refractivity contribution in [3.05, 3.63) is 16.4 Å². The van der Waals surface area contributed by atoms with Gasteiger partial charge in [-0.15, -0.1) is 0 Å². The summed E-state index contributed by atoms with van der Waals surface area (Å²) < 4.78 is 0. The van der Waals surface area contributed by atoms with E-state index in [1.165, 1.54) is 6.33 Å². The summed E-state index contributed by atoms with van der Waals surface area (Å²) in [6.45, 7) is 1.51. The molecular weight excluding hydrogens is 248 g/mol. The first-order valence-electron chi connectivity index (χ1n) is 6.13. The Hall–Kier alpha value is -1.96. The van der Waals surface area contributed by atoms with Gasteiger partial charge in [0, 0.05) is 26.2 Å². The van der Waals surface area contributed by atoms with Crippen molar-refractivity contribution in [2.45, 2.75) is 12.5 Å². The van der Waals surface area contributed by atoms with Crippen molar-refractivity contribution < 1.29 is 4.92 Å². The van der Waals surface area contributed by atoms with Crippen LogP contribution in [0.5, 0.6) is 0 Å². The van der Waals surface area contributed by atoms with Crippen molar-refractivity contribution in [1.82, 2.24) is 14.9 Å². The number of hydrogen-bond acceptors (Lipinski definition) is 7. The highest BCUT2D eigenvalue weighted by atomic mass is 16.6. The SMILES string of the molecule is CNc1ncnc(N2CCC(N(C)C)C2)c1[N+](=O)[O-]. The van der Waals surface area contributed by atoms with E-state index in [4.69, 9.17) is 0 Å². The maximum Gasteiger partial charge on any atom is 0.353 e. The lowest BCUT2D eigenvalue weighted by atomic mass is 10.2. The lowest BCUT2D eigenvalue weighted by molar-refractivity contribution is -0.383. The van der Waals surface area contributed by atoms with Crippen molar-refractivity contribution in [3.63, 3.8) is 0 Å². The molecular formula is C11H18N6O2. The lowest BCUT2D eigenvalue weighted by Gasteiger charge is -2.21. The van der Waals surface area contributed by atoms with Crippen LogP contribution in [0, 0.1) is 10.1 Å². The number of likely N-dealkylation sites (N-methyl/N-ethyl adjacent to an activating group) is 1. The second-order valence-electron chi connectivity index (χ2n) is 4.75. The van der Waals surface area contributed by atoms with Gasteiger partial charge in [-0.1, -0.05) is 0 Å². The fraction of sp³-hybridized carbons (Fsp3) is 0.636. The summed E-state index contributed by atoms with van der Waals surface area (Å²) >= 11 is 0. The molecule has 1 saturated heterocycles. The van der Waals surface area contributed by atoms with E-state index in [-0.39, 0.29) is 11.5 Å². The summed E-state index contributed by atoms with van der Waals surface area (Å²) in [6.07, 6.45) is 2.33. The summed E-state index contributed by atoms with van der Waals surface area (Å²) in [5, 5.41) is 14.0. The smallest absolute Gasteiger partial charge is 0.353 e. The Morgan fingerprint density at radius 1 is 1.53 bits per heavy atom. The van der Waals surface area contributed by atoms with Crippen LogP contribution in [0.25, 0.3) is 0 Å². The molecule has 1 aliphatic heterocycles. The number of aromatic nitrogens is 2.